The second-order valence-corrected chi connectivity index (χ2v) is 5.26. The number of hydrogen-bond donors (Lipinski definition) is 2. The van der Waals surface area contributed by atoms with Crippen LogP contribution in [0.3, 0.4) is 0 Å². The van der Waals surface area contributed by atoms with Crippen molar-refractivity contribution < 1.29 is 14.3 Å². The Balaban J connectivity index is 1.47. The third-order valence-electron chi connectivity index (χ3n) is 3.59. The lowest BCUT2D eigenvalue weighted by Crippen LogP contribution is -2.30. The molecule has 1 aliphatic heterocycles. The Morgan fingerprint density at radius 3 is 2.71 bits per heavy atom. The Hall–Kier alpha value is -3.09. The van der Waals surface area contributed by atoms with E-state index in [1.165, 1.54) is 0 Å². The van der Waals surface area contributed by atoms with Gasteiger partial charge in [0.1, 0.15) is 6.61 Å². The van der Waals surface area contributed by atoms with Gasteiger partial charge in [-0.1, -0.05) is 6.07 Å². The lowest BCUT2D eigenvalue weighted by atomic mass is 10.2. The minimum atomic E-state index is -0.344. The molecule has 24 heavy (non-hydrogen) atoms. The number of nitrogens with one attached hydrogen (secondary N) is 2. The second-order valence-electron chi connectivity index (χ2n) is 5.26. The van der Waals surface area contributed by atoms with Crippen molar-refractivity contribution in [1.82, 2.24) is 10.3 Å². The number of carbonyl (C=O) groups excluding carboxylic acids is 2. The summed E-state index contributed by atoms with van der Waals surface area (Å²) in [5, 5.41) is 5.53. The summed E-state index contributed by atoms with van der Waals surface area (Å²) >= 11 is 0. The molecule has 1 saturated heterocycles. The fraction of sp³-hybridized carbons (Fsp3) is 0.235. The quantitative estimate of drug-likeness (QED) is 0.884. The van der Waals surface area contributed by atoms with Crippen LogP contribution in [0.4, 0.5) is 21.0 Å². The normalized spacial score (nSPS) is 13.5. The highest BCUT2D eigenvalue weighted by atomic mass is 16.6. The van der Waals surface area contributed by atoms with E-state index in [0.29, 0.717) is 31.8 Å². The molecule has 0 spiro atoms. The van der Waals surface area contributed by atoms with Crippen LogP contribution in [0.5, 0.6) is 0 Å². The summed E-state index contributed by atoms with van der Waals surface area (Å²) in [7, 11) is 0. The Morgan fingerprint density at radius 1 is 1.21 bits per heavy atom. The first kappa shape index (κ1) is 15.8. The largest absolute Gasteiger partial charge is 0.447 e. The average molecular weight is 326 g/mol. The molecule has 3 rings (SSSR count). The zero-order valence-electron chi connectivity index (χ0n) is 13.1. The van der Waals surface area contributed by atoms with Gasteiger partial charge in [0.05, 0.1) is 6.54 Å². The SMILES string of the molecule is O=C(NCCc1ccccn1)Nc1ccc(N2CCOC2=O)cc1. The van der Waals surface area contributed by atoms with E-state index in [1.807, 2.05) is 18.2 Å². The first-order valence-corrected chi connectivity index (χ1v) is 7.71. The predicted octanol–water partition coefficient (Wildman–Crippen LogP) is 2.40. The number of aromatic nitrogens is 1. The molecule has 124 valence electrons. The molecule has 2 heterocycles. The van der Waals surface area contributed by atoms with Crippen LogP contribution in [0.25, 0.3) is 0 Å². The summed E-state index contributed by atoms with van der Waals surface area (Å²) in [5.74, 6) is 0. The van der Waals surface area contributed by atoms with Gasteiger partial charge in [0.2, 0.25) is 0 Å². The van der Waals surface area contributed by atoms with Gasteiger partial charge in [0.15, 0.2) is 0 Å². The van der Waals surface area contributed by atoms with Gasteiger partial charge in [-0.2, -0.15) is 0 Å². The van der Waals surface area contributed by atoms with Crippen LogP contribution in [0.1, 0.15) is 5.69 Å². The van der Waals surface area contributed by atoms with Gasteiger partial charge in [0.25, 0.3) is 0 Å². The standard InChI is InChI=1S/C17H18N4O3/c22-16(19-10-8-13-3-1-2-9-18-13)20-14-4-6-15(7-5-14)21-11-12-24-17(21)23/h1-7,9H,8,10-12H2,(H2,19,20,22). The highest BCUT2D eigenvalue weighted by molar-refractivity contribution is 5.91. The van der Waals surface area contributed by atoms with Gasteiger partial charge in [-0.15, -0.1) is 0 Å². The van der Waals surface area contributed by atoms with Crippen molar-refractivity contribution in [3.8, 4) is 0 Å². The van der Waals surface area contributed by atoms with Crippen LogP contribution < -0.4 is 15.5 Å². The maximum absolute atomic E-state index is 11.9. The molecule has 1 aromatic heterocycles. The molecule has 1 fully saturated rings. The van der Waals surface area contributed by atoms with Crippen molar-refractivity contribution in [2.75, 3.05) is 29.9 Å². The summed E-state index contributed by atoms with van der Waals surface area (Å²) in [6.45, 7) is 1.44. The molecule has 7 heteroatoms. The van der Waals surface area contributed by atoms with E-state index in [-0.39, 0.29) is 12.1 Å². The van der Waals surface area contributed by atoms with E-state index in [4.69, 9.17) is 4.74 Å². The van der Waals surface area contributed by atoms with Crippen LogP contribution in [-0.4, -0.2) is 36.8 Å². The monoisotopic (exact) mass is 326 g/mol. The Morgan fingerprint density at radius 2 is 2.04 bits per heavy atom. The maximum Gasteiger partial charge on any atom is 0.414 e. The fourth-order valence-corrected chi connectivity index (χ4v) is 2.38. The van der Waals surface area contributed by atoms with Gasteiger partial charge in [-0.3, -0.25) is 9.88 Å². The minimum Gasteiger partial charge on any atom is -0.447 e. The van der Waals surface area contributed by atoms with Crippen molar-refractivity contribution in [3.63, 3.8) is 0 Å². The first-order chi connectivity index (χ1) is 11.7. The number of amides is 3. The average Bonchev–Trinajstić information content (AvgIpc) is 3.03. The second kappa shape index (κ2) is 7.45. The van der Waals surface area contributed by atoms with Crippen LogP contribution in [-0.2, 0) is 11.2 Å². The first-order valence-electron chi connectivity index (χ1n) is 7.71. The van der Waals surface area contributed by atoms with E-state index >= 15 is 0 Å². The van der Waals surface area contributed by atoms with Crippen molar-refractivity contribution in [3.05, 3.63) is 54.4 Å². The topological polar surface area (TPSA) is 83.6 Å². The number of hydrogen-bond acceptors (Lipinski definition) is 4. The molecule has 1 aromatic carbocycles. The summed E-state index contributed by atoms with van der Waals surface area (Å²) in [6.07, 6.45) is 2.06. The van der Waals surface area contributed by atoms with Crippen molar-refractivity contribution >= 4 is 23.5 Å². The van der Waals surface area contributed by atoms with E-state index in [1.54, 1.807) is 35.4 Å². The molecule has 0 atom stereocenters. The molecule has 1 aliphatic rings. The molecule has 2 N–H and O–H groups in total. The van der Waals surface area contributed by atoms with Crippen LogP contribution in [0.15, 0.2) is 48.7 Å². The number of benzene rings is 1. The number of urea groups is 1. The van der Waals surface area contributed by atoms with Crippen molar-refractivity contribution in [2.24, 2.45) is 0 Å². The summed E-state index contributed by atoms with van der Waals surface area (Å²) in [6, 6.07) is 12.5. The van der Waals surface area contributed by atoms with E-state index < -0.39 is 0 Å². The fourth-order valence-electron chi connectivity index (χ4n) is 2.38. The molecular formula is C17H18N4O3. The molecule has 0 radical (unpaired) electrons. The van der Waals surface area contributed by atoms with E-state index in [0.717, 1.165) is 11.4 Å². The molecule has 0 saturated carbocycles. The van der Waals surface area contributed by atoms with Gasteiger partial charge in [-0.25, -0.2) is 9.59 Å². The number of cyclic esters (lactones) is 1. The summed E-state index contributed by atoms with van der Waals surface area (Å²) in [5.41, 5.74) is 2.33. The minimum absolute atomic E-state index is 0.278. The summed E-state index contributed by atoms with van der Waals surface area (Å²) < 4.78 is 4.90. The Bertz CT molecular complexity index is 704. The lowest BCUT2D eigenvalue weighted by Gasteiger charge is -2.13. The number of anilines is 2. The molecule has 0 aliphatic carbocycles. The zero-order chi connectivity index (χ0) is 16.8. The van der Waals surface area contributed by atoms with Crippen LogP contribution in [0.2, 0.25) is 0 Å². The van der Waals surface area contributed by atoms with Crippen LogP contribution >= 0.6 is 0 Å². The number of nitrogens with zero attached hydrogens (tertiary/aromatic N) is 2. The van der Waals surface area contributed by atoms with Gasteiger partial charge >= 0.3 is 12.1 Å². The number of rotatable bonds is 5. The van der Waals surface area contributed by atoms with E-state index in [9.17, 15) is 9.59 Å². The smallest absolute Gasteiger partial charge is 0.414 e. The third-order valence-corrected chi connectivity index (χ3v) is 3.59. The molecule has 3 amide bonds. The van der Waals surface area contributed by atoms with E-state index in [2.05, 4.69) is 15.6 Å². The van der Waals surface area contributed by atoms with Gasteiger partial charge < -0.3 is 15.4 Å². The van der Waals surface area contributed by atoms with Crippen LogP contribution in [0, 0.1) is 0 Å². The highest BCUT2D eigenvalue weighted by Gasteiger charge is 2.23. The lowest BCUT2D eigenvalue weighted by molar-refractivity contribution is 0.181. The Kier molecular flexibility index (Phi) is 4.90. The van der Waals surface area contributed by atoms with Gasteiger partial charge in [-0.05, 0) is 36.4 Å². The summed E-state index contributed by atoms with van der Waals surface area (Å²) in [4.78, 5) is 29.1. The number of pyridine rings is 1. The van der Waals surface area contributed by atoms with Crippen molar-refractivity contribution in [2.45, 2.75) is 6.42 Å². The third kappa shape index (κ3) is 4.01. The Labute approximate surface area is 139 Å². The number of ether oxygens (including phenoxy) is 1. The molecule has 0 unspecified atom stereocenters. The zero-order valence-corrected chi connectivity index (χ0v) is 13.1. The predicted molar refractivity (Wildman–Crippen MR) is 90.1 cm³/mol. The molecular weight excluding hydrogens is 308 g/mol. The maximum atomic E-state index is 11.9. The molecule has 0 bridgehead atoms. The van der Waals surface area contributed by atoms with Crippen molar-refractivity contribution in [1.29, 1.82) is 0 Å². The van der Waals surface area contributed by atoms with Gasteiger partial charge in [0, 0.05) is 36.2 Å². The molecule has 2 aromatic rings. The highest BCUT2D eigenvalue weighted by Crippen LogP contribution is 2.20. The molecule has 7 nitrogen and oxygen atoms in total. The number of carbonyl (C=O) groups is 2.